The molecule has 7 heteroatoms. The molecule has 20 heavy (non-hydrogen) atoms. The van der Waals surface area contributed by atoms with Crippen molar-refractivity contribution >= 4 is 11.4 Å². The van der Waals surface area contributed by atoms with Crippen LogP contribution >= 0.6 is 0 Å². The number of nitrogens with two attached hydrogens (primary N) is 1. The molecule has 0 aliphatic heterocycles. The van der Waals surface area contributed by atoms with E-state index in [1.165, 1.54) is 28.9 Å². The maximum Gasteiger partial charge on any atom is 0.294 e. The monoisotopic (exact) mass is 276 g/mol. The van der Waals surface area contributed by atoms with Crippen LogP contribution in [0.15, 0.2) is 29.1 Å². The molecule has 0 aliphatic carbocycles. The van der Waals surface area contributed by atoms with E-state index in [0.29, 0.717) is 12.1 Å². The first-order chi connectivity index (χ1) is 9.47. The van der Waals surface area contributed by atoms with Crippen molar-refractivity contribution in [3.8, 4) is 5.69 Å². The van der Waals surface area contributed by atoms with Crippen molar-refractivity contribution in [1.82, 2.24) is 9.36 Å². The molecule has 0 spiro atoms. The SMILES string of the molecule is CCCc1c(N)c(=O)n(-c2ccc([N+](=O)[O-])cc2)n1C. The van der Waals surface area contributed by atoms with Gasteiger partial charge >= 0.3 is 0 Å². The molecule has 2 aromatic rings. The van der Waals surface area contributed by atoms with Gasteiger partial charge in [0, 0.05) is 19.2 Å². The Balaban J connectivity index is 2.55. The van der Waals surface area contributed by atoms with Crippen LogP contribution in [0.3, 0.4) is 0 Å². The molecule has 1 heterocycles. The molecule has 0 fully saturated rings. The minimum absolute atomic E-state index is 0.0160. The average Bonchev–Trinajstić information content (AvgIpc) is 2.63. The number of hydrogen-bond donors (Lipinski definition) is 1. The summed E-state index contributed by atoms with van der Waals surface area (Å²) in [6.07, 6.45) is 1.58. The van der Waals surface area contributed by atoms with Crippen LogP contribution in [0.1, 0.15) is 19.0 Å². The predicted molar refractivity (Wildman–Crippen MR) is 76.1 cm³/mol. The van der Waals surface area contributed by atoms with Gasteiger partial charge in [0.15, 0.2) is 0 Å². The lowest BCUT2D eigenvalue weighted by Crippen LogP contribution is -2.20. The fraction of sp³-hybridized carbons (Fsp3) is 0.308. The Bertz CT molecular complexity index is 698. The Morgan fingerprint density at radius 3 is 2.40 bits per heavy atom. The lowest BCUT2D eigenvalue weighted by atomic mass is 10.2. The number of nitro groups is 1. The Hall–Kier alpha value is -2.57. The second kappa shape index (κ2) is 5.20. The molecule has 0 unspecified atom stereocenters. The van der Waals surface area contributed by atoms with Crippen molar-refractivity contribution in [2.24, 2.45) is 7.05 Å². The largest absolute Gasteiger partial charge is 0.393 e. The van der Waals surface area contributed by atoms with Crippen LogP contribution in [0, 0.1) is 10.1 Å². The van der Waals surface area contributed by atoms with Crippen molar-refractivity contribution in [3.63, 3.8) is 0 Å². The molecular formula is C13H16N4O3. The van der Waals surface area contributed by atoms with Crippen LogP contribution in [0.2, 0.25) is 0 Å². The van der Waals surface area contributed by atoms with Gasteiger partial charge in [0.05, 0.1) is 16.3 Å². The van der Waals surface area contributed by atoms with E-state index in [9.17, 15) is 14.9 Å². The second-order valence-electron chi connectivity index (χ2n) is 4.52. The topological polar surface area (TPSA) is 96.1 Å². The third kappa shape index (κ3) is 2.18. The highest BCUT2D eigenvalue weighted by Gasteiger charge is 2.16. The van der Waals surface area contributed by atoms with E-state index < -0.39 is 4.92 Å². The zero-order valence-electron chi connectivity index (χ0n) is 11.4. The number of anilines is 1. The van der Waals surface area contributed by atoms with E-state index in [-0.39, 0.29) is 16.9 Å². The maximum absolute atomic E-state index is 12.2. The molecule has 0 saturated heterocycles. The van der Waals surface area contributed by atoms with E-state index in [1.54, 1.807) is 11.7 Å². The van der Waals surface area contributed by atoms with E-state index in [4.69, 9.17) is 5.73 Å². The number of non-ortho nitro benzene ring substituents is 1. The number of rotatable bonds is 4. The number of benzene rings is 1. The van der Waals surface area contributed by atoms with Gasteiger partial charge in [-0.25, -0.2) is 4.68 Å². The number of hydrogen-bond acceptors (Lipinski definition) is 4. The third-order valence-corrected chi connectivity index (χ3v) is 3.22. The zero-order valence-corrected chi connectivity index (χ0v) is 11.4. The highest BCUT2D eigenvalue weighted by Crippen LogP contribution is 2.17. The molecule has 0 amide bonds. The van der Waals surface area contributed by atoms with Gasteiger partial charge in [0.1, 0.15) is 5.69 Å². The summed E-state index contributed by atoms with van der Waals surface area (Å²) in [6.45, 7) is 2.01. The summed E-state index contributed by atoms with van der Waals surface area (Å²) in [5.41, 5.74) is 7.08. The molecule has 0 atom stereocenters. The van der Waals surface area contributed by atoms with Gasteiger partial charge in [0.2, 0.25) is 0 Å². The van der Waals surface area contributed by atoms with Crippen LogP contribution in [0.4, 0.5) is 11.4 Å². The zero-order chi connectivity index (χ0) is 14.9. The number of nitro benzene ring substituents is 1. The normalized spacial score (nSPS) is 10.7. The van der Waals surface area contributed by atoms with E-state index in [2.05, 4.69) is 0 Å². The van der Waals surface area contributed by atoms with E-state index in [1.807, 2.05) is 6.92 Å². The van der Waals surface area contributed by atoms with Gasteiger partial charge < -0.3 is 5.73 Å². The maximum atomic E-state index is 12.2. The molecule has 1 aromatic carbocycles. The molecule has 0 radical (unpaired) electrons. The highest BCUT2D eigenvalue weighted by atomic mass is 16.6. The predicted octanol–water partition coefficient (Wildman–Crippen LogP) is 1.62. The van der Waals surface area contributed by atoms with Crippen molar-refractivity contribution in [2.75, 3.05) is 5.73 Å². The van der Waals surface area contributed by atoms with Gasteiger partial charge in [-0.2, -0.15) is 0 Å². The van der Waals surface area contributed by atoms with Crippen LogP contribution in [0.5, 0.6) is 0 Å². The Morgan fingerprint density at radius 2 is 1.90 bits per heavy atom. The summed E-state index contributed by atoms with van der Waals surface area (Å²) in [5.74, 6) is 0. The Labute approximate surface area is 115 Å². The van der Waals surface area contributed by atoms with Gasteiger partial charge in [0.25, 0.3) is 11.2 Å². The van der Waals surface area contributed by atoms with E-state index >= 15 is 0 Å². The summed E-state index contributed by atoms with van der Waals surface area (Å²) in [7, 11) is 1.75. The summed E-state index contributed by atoms with van der Waals surface area (Å²) in [4.78, 5) is 22.3. The molecule has 7 nitrogen and oxygen atoms in total. The van der Waals surface area contributed by atoms with Gasteiger partial charge in [-0.15, -0.1) is 0 Å². The number of nitrogen functional groups attached to an aromatic ring is 1. The highest BCUT2D eigenvalue weighted by molar-refractivity contribution is 5.47. The van der Waals surface area contributed by atoms with Crippen LogP contribution in [-0.4, -0.2) is 14.3 Å². The third-order valence-electron chi connectivity index (χ3n) is 3.22. The molecule has 2 N–H and O–H groups in total. The first-order valence-electron chi connectivity index (χ1n) is 6.28. The van der Waals surface area contributed by atoms with Gasteiger partial charge in [-0.05, 0) is 18.6 Å². The molecule has 0 saturated carbocycles. The quantitative estimate of drug-likeness (QED) is 0.677. The Morgan fingerprint density at radius 1 is 1.30 bits per heavy atom. The first-order valence-corrected chi connectivity index (χ1v) is 6.28. The van der Waals surface area contributed by atoms with Crippen molar-refractivity contribution < 1.29 is 4.92 Å². The fourth-order valence-corrected chi connectivity index (χ4v) is 2.21. The standard InChI is InChI=1S/C13H16N4O3/c1-3-4-11-12(14)13(18)16(15(11)2)9-5-7-10(8-6-9)17(19)20/h5-8H,3-4,14H2,1-2H3. The number of aromatic nitrogens is 2. The van der Waals surface area contributed by atoms with Crippen molar-refractivity contribution in [3.05, 3.63) is 50.4 Å². The molecule has 0 bridgehead atoms. The smallest absolute Gasteiger partial charge is 0.294 e. The van der Waals surface area contributed by atoms with Gasteiger partial charge in [-0.1, -0.05) is 13.3 Å². The summed E-state index contributed by atoms with van der Waals surface area (Å²) in [6, 6.07) is 5.80. The van der Waals surface area contributed by atoms with Gasteiger partial charge in [-0.3, -0.25) is 19.6 Å². The molecule has 106 valence electrons. The van der Waals surface area contributed by atoms with E-state index in [0.717, 1.165) is 12.1 Å². The second-order valence-corrected chi connectivity index (χ2v) is 4.52. The Kier molecular flexibility index (Phi) is 3.60. The molecule has 1 aromatic heterocycles. The summed E-state index contributed by atoms with van der Waals surface area (Å²) >= 11 is 0. The first kappa shape index (κ1) is 13.9. The van der Waals surface area contributed by atoms with Crippen LogP contribution in [-0.2, 0) is 13.5 Å². The minimum Gasteiger partial charge on any atom is -0.393 e. The molecular weight excluding hydrogens is 260 g/mol. The molecule has 2 rings (SSSR count). The van der Waals surface area contributed by atoms with Crippen LogP contribution in [0.25, 0.3) is 5.69 Å². The van der Waals surface area contributed by atoms with Crippen LogP contribution < -0.4 is 11.3 Å². The summed E-state index contributed by atoms with van der Waals surface area (Å²) < 4.78 is 3.12. The fourth-order valence-electron chi connectivity index (χ4n) is 2.21. The number of nitrogens with zero attached hydrogens (tertiary/aromatic N) is 3. The average molecular weight is 276 g/mol. The van der Waals surface area contributed by atoms with Crippen molar-refractivity contribution in [1.29, 1.82) is 0 Å². The lowest BCUT2D eigenvalue weighted by molar-refractivity contribution is -0.384. The lowest BCUT2D eigenvalue weighted by Gasteiger charge is -2.09. The minimum atomic E-state index is -0.478. The van der Waals surface area contributed by atoms with Crippen molar-refractivity contribution in [2.45, 2.75) is 19.8 Å². The molecule has 0 aliphatic rings. The summed E-state index contributed by atoms with van der Waals surface area (Å²) in [5, 5.41) is 10.6.